The first-order valence-electron chi connectivity index (χ1n) is 27.6. The summed E-state index contributed by atoms with van der Waals surface area (Å²) in [5.41, 5.74) is -5.49. The van der Waals surface area contributed by atoms with Gasteiger partial charge in [0.2, 0.25) is 11.6 Å². The molecule has 6 aliphatic rings. The summed E-state index contributed by atoms with van der Waals surface area (Å²) in [6, 6.07) is 14.9. The minimum absolute atomic E-state index is 0.00480. The maximum absolute atomic E-state index is 14.2. The largest absolute Gasteiger partial charge is 0.507 e. The van der Waals surface area contributed by atoms with Crippen molar-refractivity contribution < 1.29 is 98.0 Å². The van der Waals surface area contributed by atoms with Gasteiger partial charge in [0.25, 0.3) is 0 Å². The number of hydrogen-bond acceptors (Lipinski definition) is 22. The third-order valence-corrected chi connectivity index (χ3v) is 17.6. The van der Waals surface area contributed by atoms with Gasteiger partial charge in [-0.05, 0) is 51.0 Å². The zero-order chi connectivity index (χ0) is 60.2. The Balaban J connectivity index is 0.783. The van der Waals surface area contributed by atoms with E-state index in [1.54, 1.807) is 13.8 Å². The molecule has 0 radical (unpaired) electrons. The molecule has 2 aliphatic heterocycles. The van der Waals surface area contributed by atoms with Crippen molar-refractivity contribution in [2.45, 2.75) is 152 Å². The second-order valence-corrected chi connectivity index (χ2v) is 22.7. The summed E-state index contributed by atoms with van der Waals surface area (Å²) >= 11 is 0. The van der Waals surface area contributed by atoms with Crippen LogP contribution in [0.3, 0.4) is 0 Å². The van der Waals surface area contributed by atoms with Crippen molar-refractivity contribution in [1.29, 1.82) is 0 Å². The number of aliphatic hydroxyl groups excluding tert-OH is 2. The highest BCUT2D eigenvalue weighted by Gasteiger charge is 2.52. The van der Waals surface area contributed by atoms with Crippen molar-refractivity contribution in [2.75, 3.05) is 14.2 Å². The number of ketones is 6. The lowest BCUT2D eigenvalue weighted by molar-refractivity contribution is -0.250. The Labute approximate surface area is 480 Å². The van der Waals surface area contributed by atoms with Crippen molar-refractivity contribution in [3.05, 3.63) is 139 Å². The van der Waals surface area contributed by atoms with Crippen LogP contribution in [0, 0.1) is 0 Å². The van der Waals surface area contributed by atoms with Crippen molar-refractivity contribution >= 4 is 34.7 Å². The molecule has 442 valence electrons. The minimum atomic E-state index is -2.13. The molecule has 22 heteroatoms. The SMILES string of the molecule is COc1cccc2c1C(=O)c1c(O)c3c(c(O)c1C2=O)C[C@@](O)(C(C)=O)C[C@@H]3OC1CC(NCc2cccc(CNC3CC(O[C@H]4C[C@](O)(C(C)=O)Cc5c(O)c6c(c(O)c54)C(=O)c4c(OC)cccc4C6=O)OC(C)C3O)c2)C(O)C(C)O1. The Morgan fingerprint density at radius 3 is 1.30 bits per heavy atom. The van der Waals surface area contributed by atoms with E-state index in [9.17, 15) is 69.6 Å². The summed E-state index contributed by atoms with van der Waals surface area (Å²) in [6.07, 6.45) is -10.7. The second kappa shape index (κ2) is 21.9. The number of ether oxygens (including phenoxy) is 6. The van der Waals surface area contributed by atoms with E-state index in [1.165, 1.54) is 50.6 Å². The van der Waals surface area contributed by atoms with Gasteiger partial charge in [0.15, 0.2) is 35.7 Å². The molecule has 12 atom stereocenters. The molecule has 0 bridgehead atoms. The highest BCUT2D eigenvalue weighted by molar-refractivity contribution is 6.32. The van der Waals surface area contributed by atoms with Crippen LogP contribution in [0.4, 0.5) is 0 Å². The smallest absolute Gasteiger partial charge is 0.202 e. The van der Waals surface area contributed by atoms with Crippen molar-refractivity contribution in [3.63, 3.8) is 0 Å². The van der Waals surface area contributed by atoms with E-state index in [0.717, 1.165) is 25.0 Å². The van der Waals surface area contributed by atoms with Crippen LogP contribution < -0.4 is 20.1 Å². The minimum Gasteiger partial charge on any atom is -0.507 e. The van der Waals surface area contributed by atoms with Gasteiger partial charge in [-0.3, -0.25) is 28.8 Å². The fraction of sp³-hybridized carbons (Fsp3) is 0.419. The average Bonchev–Trinajstić information content (AvgIpc) is 0.760. The first kappa shape index (κ1) is 58.3. The van der Waals surface area contributed by atoms with Gasteiger partial charge < -0.3 is 79.9 Å². The first-order valence-corrected chi connectivity index (χ1v) is 27.6. The number of rotatable bonds is 14. The second-order valence-electron chi connectivity index (χ2n) is 22.7. The van der Waals surface area contributed by atoms with E-state index in [-0.39, 0.29) is 81.9 Å². The summed E-state index contributed by atoms with van der Waals surface area (Å²) in [5.74, 6) is -7.07. The number of fused-ring (bicyclic) bond motifs is 6. The Bertz CT molecular complexity index is 3390. The molecule has 0 amide bonds. The lowest BCUT2D eigenvalue weighted by atomic mass is 9.72. The number of carbonyl (C=O) groups excluding carboxylic acids is 6. The molecule has 5 aromatic carbocycles. The highest BCUT2D eigenvalue weighted by Crippen LogP contribution is 2.55. The molecule has 2 heterocycles. The van der Waals surface area contributed by atoms with Gasteiger partial charge in [0.1, 0.15) is 45.7 Å². The summed E-state index contributed by atoms with van der Waals surface area (Å²) in [5, 5.41) is 101. The summed E-state index contributed by atoms with van der Waals surface area (Å²) in [7, 11) is 2.64. The molecule has 0 spiro atoms. The molecule has 10 N–H and O–H groups in total. The summed E-state index contributed by atoms with van der Waals surface area (Å²) < 4.78 is 35.9. The Morgan fingerprint density at radius 1 is 0.560 bits per heavy atom. The van der Waals surface area contributed by atoms with Crippen molar-refractivity contribution in [3.8, 4) is 34.5 Å². The molecule has 11 rings (SSSR count). The standard InChI is InChI=1S/C62H64N2O20/c1-25-51(67)35(17-41(81-25)83-39-21-61(77,27(3)65)19-33-45(39)59(75)49-47(55(33)71)53(69)31-12-8-14-37(79-5)43(31)57(49)73)63-23-29-10-7-11-30(16-29)24-64-36-18-42(82-26(2)52(36)68)84-40-22-62(78,28(4)66)20-34-46(40)60(76)50-48(56(34)72)54(70)32-13-9-15-38(80-6)44(32)58(50)74/h7-16,25-26,35-36,39-42,51-52,63-64,67-68,71-72,75-78H,17-24H2,1-6H3/t25?,26?,35?,36?,39-,40-,41?,42?,51?,52?,61-,62-/m0/s1. The molecule has 84 heavy (non-hydrogen) atoms. The topological polar surface area (TPSA) is 344 Å². The van der Waals surface area contributed by atoms with E-state index < -0.39 is 178 Å². The van der Waals surface area contributed by atoms with E-state index in [4.69, 9.17) is 28.4 Å². The molecule has 8 unspecified atom stereocenters. The quantitative estimate of drug-likeness (QED) is 0.0687. The van der Waals surface area contributed by atoms with Crippen molar-refractivity contribution in [2.24, 2.45) is 0 Å². The predicted molar refractivity (Wildman–Crippen MR) is 292 cm³/mol. The number of benzene rings is 5. The number of nitrogens with one attached hydrogen (secondary N) is 2. The van der Waals surface area contributed by atoms with Gasteiger partial charge in [0.05, 0.1) is 84.2 Å². The zero-order valence-corrected chi connectivity index (χ0v) is 46.7. The average molecular weight is 1160 g/mol. The van der Waals surface area contributed by atoms with E-state index >= 15 is 0 Å². The highest BCUT2D eigenvalue weighted by atomic mass is 16.7. The summed E-state index contributed by atoms with van der Waals surface area (Å²) in [4.78, 5) is 82.3. The molecule has 4 aliphatic carbocycles. The summed E-state index contributed by atoms with van der Waals surface area (Å²) in [6.45, 7) is 6.02. The third-order valence-electron chi connectivity index (χ3n) is 17.6. The van der Waals surface area contributed by atoms with Crippen molar-refractivity contribution in [1.82, 2.24) is 10.6 Å². The monoisotopic (exact) mass is 1160 g/mol. The predicted octanol–water partition coefficient (Wildman–Crippen LogP) is 4.03. The van der Waals surface area contributed by atoms with E-state index in [0.29, 0.717) is 0 Å². The van der Waals surface area contributed by atoms with Crippen LogP contribution in [0.1, 0.15) is 163 Å². The lowest BCUT2D eigenvalue weighted by Crippen LogP contribution is -2.54. The number of carbonyl (C=O) groups is 6. The fourth-order valence-corrected chi connectivity index (χ4v) is 13.0. The lowest BCUT2D eigenvalue weighted by Gasteiger charge is -2.43. The molecular weight excluding hydrogens is 1090 g/mol. The molecular formula is C62H64N2O20. The number of Topliss-reactive ketones (excluding diaryl/α,β-unsaturated/α-hetero) is 2. The van der Waals surface area contributed by atoms with Gasteiger partial charge in [-0.1, -0.05) is 48.5 Å². The molecule has 0 saturated carbocycles. The van der Waals surface area contributed by atoms with E-state index in [2.05, 4.69) is 10.6 Å². The van der Waals surface area contributed by atoms with Gasteiger partial charge in [-0.2, -0.15) is 0 Å². The maximum Gasteiger partial charge on any atom is 0.202 e. The maximum atomic E-state index is 14.2. The number of aromatic hydroxyl groups is 4. The normalized spacial score (nSPS) is 28.7. The van der Waals surface area contributed by atoms with Crippen LogP contribution >= 0.6 is 0 Å². The van der Waals surface area contributed by atoms with Crippen LogP contribution in [-0.2, 0) is 54.5 Å². The molecule has 5 aromatic rings. The Kier molecular flexibility index (Phi) is 15.2. The first-order chi connectivity index (χ1) is 39.9. The zero-order valence-electron chi connectivity index (χ0n) is 46.7. The molecule has 2 fully saturated rings. The van der Waals surface area contributed by atoms with Crippen LogP contribution in [0.15, 0.2) is 60.7 Å². The fourth-order valence-electron chi connectivity index (χ4n) is 13.0. The molecule has 22 nitrogen and oxygen atoms in total. The van der Waals surface area contributed by atoms with Crippen LogP contribution in [0.25, 0.3) is 0 Å². The van der Waals surface area contributed by atoms with Gasteiger partial charge in [0, 0.05) is 97.1 Å². The van der Waals surface area contributed by atoms with Crippen LogP contribution in [0.5, 0.6) is 34.5 Å². The Hall–Kier alpha value is -7.48. The van der Waals surface area contributed by atoms with Gasteiger partial charge >= 0.3 is 0 Å². The van der Waals surface area contributed by atoms with Gasteiger partial charge in [-0.25, -0.2) is 0 Å². The third kappa shape index (κ3) is 9.63. The molecule has 0 aromatic heterocycles. The van der Waals surface area contributed by atoms with Crippen LogP contribution in [-0.4, -0.2) is 150 Å². The number of hydrogen-bond donors (Lipinski definition) is 10. The number of phenols is 4. The number of methoxy groups -OCH3 is 2. The van der Waals surface area contributed by atoms with Crippen LogP contribution in [0.2, 0.25) is 0 Å². The molecule has 2 saturated heterocycles. The van der Waals surface area contributed by atoms with E-state index in [1.807, 2.05) is 24.3 Å². The van der Waals surface area contributed by atoms with Gasteiger partial charge in [-0.15, -0.1) is 0 Å². The number of aliphatic hydroxyl groups is 4. The Morgan fingerprint density at radius 2 is 0.929 bits per heavy atom. The number of phenolic OH excluding ortho intramolecular Hbond substituents is 4.